The lowest BCUT2D eigenvalue weighted by atomic mass is 9.84. The topological polar surface area (TPSA) is 0 Å². The van der Waals surface area contributed by atoms with Crippen molar-refractivity contribution in [3.8, 4) is 0 Å². The van der Waals surface area contributed by atoms with E-state index in [0.717, 1.165) is 76.9 Å². The van der Waals surface area contributed by atoms with Crippen molar-refractivity contribution in [3.05, 3.63) is 0 Å². The fourth-order valence-electron chi connectivity index (χ4n) is 6.63. The van der Waals surface area contributed by atoms with Gasteiger partial charge < -0.3 is 0 Å². The Morgan fingerprint density at radius 2 is 0.561 bits per heavy atom. The molecule has 0 heteroatoms. The molecule has 0 aromatic heterocycles. The maximum Gasteiger partial charge on any atom is -0.0385 e. The van der Waals surface area contributed by atoms with Gasteiger partial charge in [-0.3, -0.25) is 0 Å². The molecule has 7 aliphatic carbocycles. The van der Waals surface area contributed by atoms with Crippen LogP contribution in [0.5, 0.6) is 0 Å². The van der Waals surface area contributed by atoms with Crippen molar-refractivity contribution in [3.63, 3.8) is 0 Å². The van der Waals surface area contributed by atoms with Crippen LogP contribution in [0, 0.1) is 87.8 Å². The second-order valence-corrected chi connectivity index (χ2v) is 30.8. The summed E-state index contributed by atoms with van der Waals surface area (Å²) < 4.78 is 0. The van der Waals surface area contributed by atoms with Gasteiger partial charge in [-0.15, -0.1) is 0 Å². The van der Waals surface area contributed by atoms with Crippen molar-refractivity contribution in [1.82, 2.24) is 0 Å². The summed E-state index contributed by atoms with van der Waals surface area (Å²) in [6.45, 7) is 81.8. The molecule has 0 nitrogen and oxygen atoms in total. The normalized spacial score (nSPS) is 20.6. The molecule has 0 N–H and O–H groups in total. The standard InChI is InChI=1S/C8H16.C7H14.2C6H12.C6H14.2C5H10.4C5H12.C4H8.2C4H10.C3H8.2C2H6/c1-6-4-5-7(2)8(6)3;1-6-4-3-5-7(6)2;1-6-4-2-3-5-6;1-2-6-4-3-5-6;1-5-6(2,3)4;1-5-3-2-4-5;1-2-5-3-4-5;1-5(2,3)4;2*1-4-5(2)3;1-3-5-4-2;1-4-2-3-4;1-4(2)3;1-3-4-2;1-3-2;2*1-2/h6-8H,4-5H2,1-3H3;6-7H,3-5H2,1-2H3;2*6H,2-5H2,1H3;5H2,1-4H3;2*5H,2-4H2,1H3;1-4H3;2*5H,4H2,1-3H3;3-5H2,1-2H3;4H,2-3H2,1H3;4H,1-3H3;3-4H2,1-2H3;3H2,1-2H3;2*1-2H3/t;6-,7?;;;;;;;;;;;;;;;/m.1.............../s1. The van der Waals surface area contributed by atoms with Crippen LogP contribution in [0.4, 0.5) is 0 Å². The minimum Gasteiger partial charge on any atom is -0.0683 e. The molecule has 82 heavy (non-hydrogen) atoms. The first kappa shape index (κ1) is 104. The molecule has 3 unspecified atom stereocenters. The van der Waals surface area contributed by atoms with E-state index in [0.29, 0.717) is 10.8 Å². The SMILES string of the molecule is CC.CC.CC(C)(C)C.CC(C)C.CC1CC1.CC1CCC(C)C1C.CC1CCC1.CC1CCCC1.CC1CCC[C@H]1C.CCC.CCC(C)(C)C.CCC(C)C.CCC(C)C.CCC1CC1.CCC1CCC1.CCCC.CCCCC. The van der Waals surface area contributed by atoms with Crippen LogP contribution in [0.3, 0.4) is 0 Å². The highest BCUT2D eigenvalue weighted by Crippen LogP contribution is 2.36. The van der Waals surface area contributed by atoms with Crippen LogP contribution >= 0.6 is 0 Å². The van der Waals surface area contributed by atoms with E-state index in [4.69, 9.17) is 0 Å². The van der Waals surface area contributed by atoms with Gasteiger partial charge in [0, 0.05) is 0 Å². The molecule has 7 fully saturated rings. The Morgan fingerprint density at radius 3 is 0.598 bits per heavy atom. The lowest BCUT2D eigenvalue weighted by molar-refractivity contribution is 0.307. The van der Waals surface area contributed by atoms with E-state index < -0.39 is 0 Å². The first-order chi connectivity index (χ1) is 38.1. The van der Waals surface area contributed by atoms with Gasteiger partial charge in [-0.05, 0) is 87.8 Å². The molecule has 4 atom stereocenters. The largest absolute Gasteiger partial charge is 0.0683 e. The highest BCUT2D eigenvalue weighted by atomic mass is 14.3. The van der Waals surface area contributed by atoms with Gasteiger partial charge >= 0.3 is 0 Å². The van der Waals surface area contributed by atoms with Crippen molar-refractivity contribution in [2.75, 3.05) is 0 Å². The molecule has 0 aliphatic heterocycles. The molecular formula is C82H184. The molecule has 0 radical (unpaired) electrons. The molecular weight excluding hydrogens is 985 g/mol. The van der Waals surface area contributed by atoms with Gasteiger partial charge in [0.05, 0.1) is 0 Å². The molecule has 512 valence electrons. The monoisotopic (exact) mass is 1170 g/mol. The van der Waals surface area contributed by atoms with Crippen molar-refractivity contribution in [1.29, 1.82) is 0 Å². The predicted octanol–water partition coefficient (Wildman–Crippen LogP) is 32.3. The number of hydrogen-bond acceptors (Lipinski definition) is 0. The summed E-state index contributed by atoms with van der Waals surface area (Å²) in [6.07, 6.45) is 42.9. The molecule has 0 spiro atoms. The molecule has 0 aromatic carbocycles. The second kappa shape index (κ2) is 79.0. The van der Waals surface area contributed by atoms with Crippen LogP contribution in [0.15, 0.2) is 0 Å². The summed E-state index contributed by atoms with van der Waals surface area (Å²) >= 11 is 0. The van der Waals surface area contributed by atoms with Crippen molar-refractivity contribution >= 4 is 0 Å². The van der Waals surface area contributed by atoms with Crippen LogP contribution in [0.25, 0.3) is 0 Å². The van der Waals surface area contributed by atoms with Gasteiger partial charge in [-0.2, -0.15) is 0 Å². The average Bonchev–Trinajstić information content (AvgIpc) is 4.29. The van der Waals surface area contributed by atoms with Crippen LogP contribution in [-0.2, 0) is 0 Å². The molecule has 7 rings (SSSR count). The number of unbranched alkanes of at least 4 members (excludes halogenated alkanes) is 3. The summed E-state index contributed by atoms with van der Waals surface area (Å²) in [5, 5.41) is 0. The van der Waals surface area contributed by atoms with Crippen molar-refractivity contribution in [2.24, 2.45) is 87.8 Å². The van der Waals surface area contributed by atoms with E-state index in [1.54, 1.807) is 0 Å². The van der Waals surface area contributed by atoms with Crippen LogP contribution in [0.2, 0.25) is 0 Å². The smallest absolute Gasteiger partial charge is 0.0385 e. The van der Waals surface area contributed by atoms with E-state index >= 15 is 0 Å². The molecule has 0 aromatic rings. The fourth-order valence-corrected chi connectivity index (χ4v) is 6.63. The molecule has 7 aliphatic rings. The van der Waals surface area contributed by atoms with Gasteiger partial charge in [-0.25, -0.2) is 0 Å². The Hall–Kier alpha value is 0. The maximum absolute atomic E-state index is 2.38. The molecule has 0 amide bonds. The predicted molar refractivity (Wildman–Crippen MR) is 399 cm³/mol. The molecule has 7 saturated carbocycles. The Morgan fingerprint density at radius 1 is 0.329 bits per heavy atom. The van der Waals surface area contributed by atoms with Gasteiger partial charge in [0.2, 0.25) is 0 Å². The first-order valence-electron chi connectivity index (χ1n) is 38.1. The highest BCUT2D eigenvalue weighted by molar-refractivity contribution is 4.76. The Bertz CT molecular complexity index is 930. The maximum atomic E-state index is 2.38. The zero-order valence-electron chi connectivity index (χ0n) is 66.7. The zero-order valence-corrected chi connectivity index (χ0v) is 66.7. The Balaban J connectivity index is -0.0000000847. The minimum absolute atomic E-state index is 0.500. The Kier molecular flexibility index (Phi) is 100. The van der Waals surface area contributed by atoms with E-state index in [1.807, 2.05) is 27.7 Å². The summed E-state index contributed by atoms with van der Waals surface area (Å²) in [5.41, 5.74) is 1.04. The van der Waals surface area contributed by atoms with Gasteiger partial charge in [0.15, 0.2) is 0 Å². The quantitative estimate of drug-likeness (QED) is 0.238. The lowest BCUT2D eigenvalue weighted by Crippen LogP contribution is -2.08. The second-order valence-electron chi connectivity index (χ2n) is 30.8. The third-order valence-corrected chi connectivity index (χ3v) is 16.0. The van der Waals surface area contributed by atoms with E-state index in [2.05, 4.69) is 228 Å². The summed E-state index contributed by atoms with van der Waals surface area (Å²) in [5.74, 6) is 13.0. The third-order valence-electron chi connectivity index (χ3n) is 16.0. The van der Waals surface area contributed by atoms with Gasteiger partial charge in [0.25, 0.3) is 0 Å². The fraction of sp³-hybridized carbons (Fsp3) is 1.00. The van der Waals surface area contributed by atoms with E-state index in [1.165, 1.54) is 193 Å². The molecule has 0 heterocycles. The van der Waals surface area contributed by atoms with Crippen molar-refractivity contribution in [2.45, 2.75) is 449 Å². The van der Waals surface area contributed by atoms with Crippen molar-refractivity contribution < 1.29 is 0 Å². The van der Waals surface area contributed by atoms with E-state index in [9.17, 15) is 0 Å². The van der Waals surface area contributed by atoms with Gasteiger partial charge in [-0.1, -0.05) is 449 Å². The zero-order chi connectivity index (χ0) is 66.7. The van der Waals surface area contributed by atoms with Crippen LogP contribution < -0.4 is 0 Å². The van der Waals surface area contributed by atoms with Crippen LogP contribution in [-0.4, -0.2) is 0 Å². The summed E-state index contributed by atoms with van der Waals surface area (Å²) in [7, 11) is 0. The highest BCUT2D eigenvalue weighted by Gasteiger charge is 2.25. The first-order valence-corrected chi connectivity index (χ1v) is 38.1. The van der Waals surface area contributed by atoms with Crippen LogP contribution in [0.1, 0.15) is 449 Å². The average molecular weight is 1170 g/mol. The third kappa shape index (κ3) is 130. The lowest BCUT2D eigenvalue weighted by Gasteiger charge is -2.22. The molecule has 0 saturated heterocycles. The minimum atomic E-state index is 0.500. The van der Waals surface area contributed by atoms with E-state index in [-0.39, 0.29) is 0 Å². The summed E-state index contributed by atoms with van der Waals surface area (Å²) in [4.78, 5) is 0. The molecule has 0 bridgehead atoms. The number of rotatable bonds is 7. The summed E-state index contributed by atoms with van der Waals surface area (Å²) in [6, 6.07) is 0. The number of hydrogen-bond donors (Lipinski definition) is 0. The Labute approximate surface area is 533 Å². The van der Waals surface area contributed by atoms with Gasteiger partial charge in [0.1, 0.15) is 0 Å².